The van der Waals surface area contributed by atoms with E-state index in [2.05, 4.69) is 10.9 Å². The maximum Gasteiger partial charge on any atom is 0.161 e. The van der Waals surface area contributed by atoms with Crippen LogP contribution in [0.15, 0.2) is 72.8 Å². The number of ether oxygens (including phenoxy) is 2. The van der Waals surface area contributed by atoms with Crippen LogP contribution in [0.4, 0.5) is 5.69 Å². The van der Waals surface area contributed by atoms with Crippen LogP contribution in [-0.4, -0.2) is 6.61 Å². The molecule has 2 N–H and O–H groups in total. The van der Waals surface area contributed by atoms with Gasteiger partial charge in [0, 0.05) is 17.3 Å². The van der Waals surface area contributed by atoms with E-state index in [0.29, 0.717) is 24.8 Å². The maximum absolute atomic E-state index is 6.03. The average molecular weight is 383 g/mol. The van der Waals surface area contributed by atoms with E-state index in [1.807, 2.05) is 79.7 Å². The Hall–Kier alpha value is -2.69. The number of hydrogen-bond donors (Lipinski definition) is 2. The topological polar surface area (TPSA) is 42.5 Å². The van der Waals surface area contributed by atoms with Crippen LogP contribution in [0, 0.1) is 0 Å². The second kappa shape index (κ2) is 9.86. The summed E-state index contributed by atoms with van der Waals surface area (Å²) in [6.45, 7) is 3.63. The highest BCUT2D eigenvalue weighted by Gasteiger charge is 2.07. The fourth-order valence-corrected chi connectivity index (χ4v) is 2.82. The summed E-state index contributed by atoms with van der Waals surface area (Å²) in [5, 5.41) is 0.702. The van der Waals surface area contributed by atoms with Crippen LogP contribution in [-0.2, 0) is 13.2 Å². The first-order chi connectivity index (χ1) is 13.2. The Morgan fingerprint density at radius 1 is 0.815 bits per heavy atom. The van der Waals surface area contributed by atoms with E-state index < -0.39 is 0 Å². The van der Waals surface area contributed by atoms with Crippen LogP contribution >= 0.6 is 11.6 Å². The van der Waals surface area contributed by atoms with Gasteiger partial charge in [-0.2, -0.15) is 0 Å². The summed E-state index contributed by atoms with van der Waals surface area (Å²) >= 11 is 6.03. The van der Waals surface area contributed by atoms with Gasteiger partial charge in [0.15, 0.2) is 11.5 Å². The molecule has 27 heavy (non-hydrogen) atoms. The zero-order valence-electron chi connectivity index (χ0n) is 15.2. The number of nitrogens with one attached hydrogen (secondary N) is 2. The van der Waals surface area contributed by atoms with Crippen molar-refractivity contribution in [2.45, 2.75) is 20.1 Å². The number of anilines is 1. The number of para-hydroxylation sites is 1. The molecule has 0 amide bonds. The first-order valence-corrected chi connectivity index (χ1v) is 9.29. The molecule has 0 bridgehead atoms. The summed E-state index contributed by atoms with van der Waals surface area (Å²) in [5.41, 5.74) is 9.51. The van der Waals surface area contributed by atoms with Gasteiger partial charge < -0.3 is 14.9 Å². The van der Waals surface area contributed by atoms with Crippen molar-refractivity contribution < 1.29 is 9.47 Å². The molecule has 140 valence electrons. The van der Waals surface area contributed by atoms with Gasteiger partial charge in [-0.1, -0.05) is 48.0 Å². The van der Waals surface area contributed by atoms with Crippen molar-refractivity contribution in [2.24, 2.45) is 0 Å². The van der Waals surface area contributed by atoms with Crippen molar-refractivity contribution >= 4 is 17.3 Å². The molecular formula is C22H23ClN2O2. The van der Waals surface area contributed by atoms with Crippen LogP contribution in [0.1, 0.15) is 18.1 Å². The van der Waals surface area contributed by atoms with Crippen molar-refractivity contribution in [3.05, 3.63) is 88.9 Å². The molecule has 0 saturated heterocycles. The molecule has 3 aromatic rings. The highest BCUT2D eigenvalue weighted by molar-refractivity contribution is 6.30. The summed E-state index contributed by atoms with van der Waals surface area (Å²) in [4.78, 5) is 0. The molecule has 0 unspecified atom stereocenters. The van der Waals surface area contributed by atoms with E-state index in [-0.39, 0.29) is 0 Å². The Bertz CT molecular complexity index is 856. The van der Waals surface area contributed by atoms with Gasteiger partial charge in [-0.05, 0) is 54.4 Å². The summed E-state index contributed by atoms with van der Waals surface area (Å²) in [5.74, 6) is 1.45. The van der Waals surface area contributed by atoms with Crippen molar-refractivity contribution in [3.63, 3.8) is 0 Å². The van der Waals surface area contributed by atoms with Gasteiger partial charge in [-0.3, -0.25) is 0 Å². The highest BCUT2D eigenvalue weighted by atomic mass is 35.5. The molecule has 0 aliphatic heterocycles. The summed E-state index contributed by atoms with van der Waals surface area (Å²) in [6, 6.07) is 23.6. The van der Waals surface area contributed by atoms with Gasteiger partial charge in [0.05, 0.1) is 6.61 Å². The highest BCUT2D eigenvalue weighted by Crippen LogP contribution is 2.29. The fraction of sp³-hybridized carbons (Fsp3) is 0.182. The summed E-state index contributed by atoms with van der Waals surface area (Å²) < 4.78 is 11.7. The van der Waals surface area contributed by atoms with Crippen molar-refractivity contribution in [3.8, 4) is 11.5 Å². The Balaban J connectivity index is 1.61. The quantitative estimate of drug-likeness (QED) is 0.484. The molecule has 0 aliphatic rings. The zero-order chi connectivity index (χ0) is 18.9. The molecule has 0 fully saturated rings. The first kappa shape index (κ1) is 19.1. The minimum Gasteiger partial charge on any atom is -0.490 e. The van der Waals surface area contributed by atoms with Gasteiger partial charge in [0.25, 0.3) is 0 Å². The molecule has 0 heterocycles. The van der Waals surface area contributed by atoms with Crippen molar-refractivity contribution in [1.29, 1.82) is 0 Å². The van der Waals surface area contributed by atoms with Gasteiger partial charge in [0.1, 0.15) is 6.61 Å². The second-order valence-corrected chi connectivity index (χ2v) is 6.41. The average Bonchev–Trinajstić information content (AvgIpc) is 2.68. The number of benzene rings is 3. The lowest BCUT2D eigenvalue weighted by molar-refractivity contribution is 0.269. The minimum absolute atomic E-state index is 0.438. The lowest BCUT2D eigenvalue weighted by Crippen LogP contribution is -2.20. The Kier molecular flexibility index (Phi) is 6.97. The molecule has 3 aromatic carbocycles. The van der Waals surface area contributed by atoms with E-state index in [1.165, 1.54) is 0 Å². The number of hydrazine groups is 1. The standard InChI is InChI=1S/C22H23ClN2O2/c1-2-26-22-14-17(15-24-25-20-9-4-3-5-10-20)11-12-21(22)27-16-18-7-6-8-19(23)13-18/h3-14,24-25H,2,15-16H2,1H3. The molecular weight excluding hydrogens is 360 g/mol. The van der Waals surface area contributed by atoms with E-state index in [0.717, 1.165) is 28.3 Å². The van der Waals surface area contributed by atoms with E-state index in [9.17, 15) is 0 Å². The molecule has 0 spiro atoms. The van der Waals surface area contributed by atoms with Crippen LogP contribution in [0.2, 0.25) is 5.02 Å². The van der Waals surface area contributed by atoms with Crippen molar-refractivity contribution in [2.75, 3.05) is 12.0 Å². The minimum atomic E-state index is 0.438. The van der Waals surface area contributed by atoms with Crippen LogP contribution in [0.3, 0.4) is 0 Å². The van der Waals surface area contributed by atoms with Crippen LogP contribution < -0.4 is 20.3 Å². The molecule has 3 rings (SSSR count). The van der Waals surface area contributed by atoms with Gasteiger partial charge in [0.2, 0.25) is 0 Å². The third-order valence-corrected chi connectivity index (χ3v) is 4.13. The first-order valence-electron chi connectivity index (χ1n) is 8.91. The lowest BCUT2D eigenvalue weighted by Gasteiger charge is -2.14. The Labute approximate surface area is 165 Å². The summed E-state index contributed by atoms with van der Waals surface area (Å²) in [6.07, 6.45) is 0. The predicted octanol–water partition coefficient (Wildman–Crippen LogP) is 5.43. The molecule has 0 saturated carbocycles. The van der Waals surface area contributed by atoms with Crippen LogP contribution in [0.5, 0.6) is 11.5 Å². The molecule has 0 aromatic heterocycles. The fourth-order valence-electron chi connectivity index (χ4n) is 2.61. The number of halogens is 1. The van der Waals surface area contributed by atoms with Gasteiger partial charge in [-0.25, -0.2) is 5.43 Å². The third-order valence-electron chi connectivity index (χ3n) is 3.89. The molecule has 0 radical (unpaired) electrons. The molecule has 0 aliphatic carbocycles. The Morgan fingerprint density at radius 2 is 1.67 bits per heavy atom. The van der Waals surface area contributed by atoms with Gasteiger partial charge >= 0.3 is 0 Å². The lowest BCUT2D eigenvalue weighted by atomic mass is 10.2. The molecule has 5 heteroatoms. The second-order valence-electron chi connectivity index (χ2n) is 5.98. The van der Waals surface area contributed by atoms with E-state index in [4.69, 9.17) is 21.1 Å². The van der Waals surface area contributed by atoms with E-state index >= 15 is 0 Å². The number of rotatable bonds is 9. The molecule has 4 nitrogen and oxygen atoms in total. The predicted molar refractivity (Wildman–Crippen MR) is 110 cm³/mol. The van der Waals surface area contributed by atoms with Crippen LogP contribution in [0.25, 0.3) is 0 Å². The Morgan fingerprint density at radius 3 is 2.44 bits per heavy atom. The van der Waals surface area contributed by atoms with E-state index in [1.54, 1.807) is 0 Å². The third kappa shape index (κ3) is 5.91. The van der Waals surface area contributed by atoms with Gasteiger partial charge in [-0.15, -0.1) is 0 Å². The maximum atomic E-state index is 6.03. The normalized spacial score (nSPS) is 10.4. The summed E-state index contributed by atoms with van der Waals surface area (Å²) in [7, 11) is 0. The zero-order valence-corrected chi connectivity index (χ0v) is 16.0. The van der Waals surface area contributed by atoms with Crippen molar-refractivity contribution in [1.82, 2.24) is 5.43 Å². The smallest absolute Gasteiger partial charge is 0.161 e. The number of hydrogen-bond acceptors (Lipinski definition) is 4. The largest absolute Gasteiger partial charge is 0.490 e. The SMILES string of the molecule is CCOc1cc(CNNc2ccccc2)ccc1OCc1cccc(Cl)c1. The molecule has 0 atom stereocenters. The monoisotopic (exact) mass is 382 g/mol.